The Morgan fingerprint density at radius 2 is 1.68 bits per heavy atom. The fraction of sp³-hybridized carbons (Fsp3) is 0.158. The number of aromatic nitrogens is 1. The van der Waals surface area contributed by atoms with Crippen LogP contribution in [0.3, 0.4) is 0 Å². The van der Waals surface area contributed by atoms with Crippen LogP contribution < -0.4 is 15.4 Å². The molecule has 0 saturated carbocycles. The smallest absolute Gasteiger partial charge is 0.244 e. The summed E-state index contributed by atoms with van der Waals surface area (Å²) >= 11 is 0. The maximum absolute atomic E-state index is 12.3. The molecule has 3 aromatic rings. The molecule has 6 heteroatoms. The first-order valence-electron chi connectivity index (χ1n) is 7.85. The lowest BCUT2D eigenvalue weighted by Crippen LogP contribution is -2.18. The number of benzene rings is 2. The minimum Gasteiger partial charge on any atom is -0.497 e. The van der Waals surface area contributed by atoms with Gasteiger partial charge >= 0.3 is 0 Å². The van der Waals surface area contributed by atoms with Gasteiger partial charge < -0.3 is 19.9 Å². The zero-order valence-corrected chi connectivity index (χ0v) is 14.1. The van der Waals surface area contributed by atoms with Crippen molar-refractivity contribution < 1.29 is 14.3 Å². The number of fused-ring (bicyclic) bond motifs is 1. The molecule has 25 heavy (non-hydrogen) atoms. The number of nitrogens with zero attached hydrogens (tertiary/aromatic N) is 1. The van der Waals surface area contributed by atoms with Gasteiger partial charge in [0.25, 0.3) is 0 Å². The Bertz CT molecular complexity index is 913. The van der Waals surface area contributed by atoms with E-state index in [4.69, 9.17) is 4.74 Å². The van der Waals surface area contributed by atoms with Crippen LogP contribution in [0, 0.1) is 0 Å². The van der Waals surface area contributed by atoms with Gasteiger partial charge in [-0.15, -0.1) is 0 Å². The van der Waals surface area contributed by atoms with E-state index in [-0.39, 0.29) is 18.4 Å². The molecule has 0 radical (unpaired) electrons. The van der Waals surface area contributed by atoms with Gasteiger partial charge in [-0.3, -0.25) is 9.59 Å². The number of rotatable bonds is 5. The monoisotopic (exact) mass is 337 g/mol. The molecule has 128 valence electrons. The second-order valence-corrected chi connectivity index (χ2v) is 5.68. The number of hydrogen-bond donors (Lipinski definition) is 2. The molecular formula is C19H19N3O3. The predicted molar refractivity (Wildman–Crippen MR) is 97.9 cm³/mol. The zero-order chi connectivity index (χ0) is 17.8. The number of carbonyl (C=O) groups excluding carboxylic acids is 2. The number of anilines is 2. The maximum Gasteiger partial charge on any atom is 0.244 e. The molecular weight excluding hydrogens is 318 g/mol. The van der Waals surface area contributed by atoms with E-state index in [9.17, 15) is 9.59 Å². The molecule has 3 rings (SSSR count). The summed E-state index contributed by atoms with van der Waals surface area (Å²) in [5.74, 6) is 0.530. The van der Waals surface area contributed by atoms with E-state index in [2.05, 4.69) is 10.6 Å². The van der Waals surface area contributed by atoms with Crippen LogP contribution in [0.25, 0.3) is 10.9 Å². The molecule has 0 unspecified atom stereocenters. The highest BCUT2D eigenvalue weighted by Gasteiger charge is 2.08. The summed E-state index contributed by atoms with van der Waals surface area (Å²) in [5.41, 5.74) is 2.34. The molecule has 1 heterocycles. The molecule has 0 spiro atoms. The molecule has 0 aliphatic heterocycles. The van der Waals surface area contributed by atoms with Crippen LogP contribution in [0.15, 0.2) is 54.7 Å². The summed E-state index contributed by atoms with van der Waals surface area (Å²) in [6.45, 7) is 1.66. The quantitative estimate of drug-likeness (QED) is 0.751. The summed E-state index contributed by atoms with van der Waals surface area (Å²) in [6.07, 6.45) is 1.88. The van der Waals surface area contributed by atoms with Crippen LogP contribution >= 0.6 is 0 Å². The van der Waals surface area contributed by atoms with Gasteiger partial charge in [0, 0.05) is 35.4 Å². The van der Waals surface area contributed by atoms with E-state index in [0.717, 1.165) is 16.7 Å². The summed E-state index contributed by atoms with van der Waals surface area (Å²) in [6, 6.07) is 14.7. The third-order valence-electron chi connectivity index (χ3n) is 3.78. The van der Waals surface area contributed by atoms with Gasteiger partial charge in [0.1, 0.15) is 12.3 Å². The van der Waals surface area contributed by atoms with E-state index in [0.29, 0.717) is 11.4 Å². The second kappa shape index (κ2) is 7.09. The van der Waals surface area contributed by atoms with Crippen molar-refractivity contribution in [2.45, 2.75) is 13.5 Å². The number of nitrogens with one attached hydrogen (secondary N) is 2. The number of amides is 2. The Morgan fingerprint density at radius 1 is 1.00 bits per heavy atom. The lowest BCUT2D eigenvalue weighted by atomic mass is 10.2. The van der Waals surface area contributed by atoms with Gasteiger partial charge in [-0.05, 0) is 48.5 Å². The molecule has 0 saturated heterocycles. The van der Waals surface area contributed by atoms with E-state index in [1.807, 2.05) is 35.0 Å². The molecule has 6 nitrogen and oxygen atoms in total. The fourth-order valence-corrected chi connectivity index (χ4v) is 2.64. The average Bonchev–Trinajstić information content (AvgIpc) is 2.98. The highest BCUT2D eigenvalue weighted by molar-refractivity contribution is 5.93. The Labute approximate surface area is 145 Å². The Hall–Kier alpha value is -3.28. The molecule has 2 amide bonds. The summed E-state index contributed by atoms with van der Waals surface area (Å²) in [7, 11) is 1.63. The predicted octanol–water partition coefficient (Wildman–Crippen LogP) is 3.25. The third-order valence-corrected chi connectivity index (χ3v) is 3.78. The number of methoxy groups -OCH3 is 1. The molecule has 0 aliphatic rings. The van der Waals surface area contributed by atoms with Crippen LogP contribution in [-0.2, 0) is 16.1 Å². The largest absolute Gasteiger partial charge is 0.497 e. The normalized spacial score (nSPS) is 10.5. The van der Waals surface area contributed by atoms with E-state index >= 15 is 0 Å². The highest BCUT2D eigenvalue weighted by atomic mass is 16.5. The molecule has 2 N–H and O–H groups in total. The number of hydrogen-bond acceptors (Lipinski definition) is 3. The minimum absolute atomic E-state index is 0.124. The van der Waals surface area contributed by atoms with Gasteiger partial charge in [0.2, 0.25) is 11.8 Å². The lowest BCUT2D eigenvalue weighted by molar-refractivity contribution is -0.116. The first-order chi connectivity index (χ1) is 12.0. The Balaban J connectivity index is 1.67. The molecule has 1 aromatic heterocycles. The molecule has 0 bridgehead atoms. The van der Waals surface area contributed by atoms with Crippen molar-refractivity contribution in [3.8, 4) is 5.75 Å². The van der Waals surface area contributed by atoms with Crippen LogP contribution in [0.5, 0.6) is 5.75 Å². The third kappa shape index (κ3) is 3.98. The van der Waals surface area contributed by atoms with Crippen LogP contribution in [0.1, 0.15) is 6.92 Å². The molecule has 0 fully saturated rings. The highest BCUT2D eigenvalue weighted by Crippen LogP contribution is 2.22. The van der Waals surface area contributed by atoms with E-state index in [1.165, 1.54) is 6.92 Å². The standard InChI is InChI=1S/C19H19N3O3/c1-13(23)20-15-3-5-16(6-4-15)21-19(24)12-22-10-9-14-11-17(25-2)7-8-18(14)22/h3-11H,12H2,1-2H3,(H,20,23)(H,21,24). The van der Waals surface area contributed by atoms with E-state index < -0.39 is 0 Å². The lowest BCUT2D eigenvalue weighted by Gasteiger charge is -2.09. The van der Waals surface area contributed by atoms with Crippen molar-refractivity contribution in [2.24, 2.45) is 0 Å². The van der Waals surface area contributed by atoms with Crippen molar-refractivity contribution in [3.63, 3.8) is 0 Å². The summed E-state index contributed by atoms with van der Waals surface area (Å²) < 4.78 is 7.10. The second-order valence-electron chi connectivity index (χ2n) is 5.68. The first kappa shape index (κ1) is 16.6. The number of carbonyl (C=O) groups is 2. The summed E-state index contributed by atoms with van der Waals surface area (Å²) in [5, 5.41) is 6.56. The van der Waals surface area contributed by atoms with Crippen molar-refractivity contribution in [3.05, 3.63) is 54.7 Å². The van der Waals surface area contributed by atoms with E-state index in [1.54, 1.807) is 31.4 Å². The fourth-order valence-electron chi connectivity index (χ4n) is 2.64. The van der Waals surface area contributed by atoms with Crippen molar-refractivity contribution in [1.29, 1.82) is 0 Å². The van der Waals surface area contributed by atoms with Gasteiger partial charge in [-0.25, -0.2) is 0 Å². The van der Waals surface area contributed by atoms with Crippen molar-refractivity contribution in [2.75, 3.05) is 17.7 Å². The average molecular weight is 337 g/mol. The Kier molecular flexibility index (Phi) is 4.70. The van der Waals surface area contributed by atoms with Gasteiger partial charge in [-0.1, -0.05) is 0 Å². The topological polar surface area (TPSA) is 72.4 Å². The number of ether oxygens (including phenoxy) is 1. The minimum atomic E-state index is -0.132. The van der Waals surface area contributed by atoms with Gasteiger partial charge in [-0.2, -0.15) is 0 Å². The van der Waals surface area contributed by atoms with Gasteiger partial charge in [0.05, 0.1) is 7.11 Å². The first-order valence-corrected chi connectivity index (χ1v) is 7.85. The van der Waals surface area contributed by atoms with Crippen LogP contribution in [-0.4, -0.2) is 23.5 Å². The summed E-state index contributed by atoms with van der Waals surface area (Å²) in [4.78, 5) is 23.3. The molecule has 0 atom stereocenters. The van der Waals surface area contributed by atoms with Gasteiger partial charge in [0.15, 0.2) is 0 Å². The van der Waals surface area contributed by atoms with Crippen molar-refractivity contribution in [1.82, 2.24) is 4.57 Å². The SMILES string of the molecule is COc1ccc2c(ccn2CC(=O)Nc2ccc(NC(C)=O)cc2)c1. The Morgan fingerprint density at radius 3 is 2.32 bits per heavy atom. The zero-order valence-electron chi connectivity index (χ0n) is 14.1. The van der Waals surface area contributed by atoms with Crippen molar-refractivity contribution >= 4 is 34.1 Å². The molecule has 0 aliphatic carbocycles. The molecule has 2 aromatic carbocycles. The maximum atomic E-state index is 12.3. The van der Waals surface area contributed by atoms with Crippen LogP contribution in [0.4, 0.5) is 11.4 Å². The van der Waals surface area contributed by atoms with Crippen LogP contribution in [0.2, 0.25) is 0 Å².